The summed E-state index contributed by atoms with van der Waals surface area (Å²) in [6.45, 7) is 4.99. The maximum absolute atomic E-state index is 13.7. The maximum Gasteiger partial charge on any atom is 0.257 e. The predicted octanol–water partition coefficient (Wildman–Crippen LogP) is 4.06. The van der Waals surface area contributed by atoms with Gasteiger partial charge in [0.15, 0.2) is 0 Å². The van der Waals surface area contributed by atoms with Crippen LogP contribution in [0, 0.1) is 11.3 Å². The molecule has 2 fully saturated rings. The highest BCUT2D eigenvalue weighted by atomic mass is 16.2. The number of anilines is 2. The average molecular weight is 426 g/mol. The summed E-state index contributed by atoms with van der Waals surface area (Å²) in [4.78, 5) is 25.2. The molecule has 32 heavy (non-hydrogen) atoms. The van der Waals surface area contributed by atoms with Crippen LogP contribution in [0.4, 0.5) is 11.5 Å². The van der Waals surface area contributed by atoms with Gasteiger partial charge in [-0.15, -0.1) is 0 Å². The Hall–Kier alpha value is -3.59. The molecule has 162 valence electrons. The zero-order valence-electron chi connectivity index (χ0n) is 18.2. The molecule has 0 unspecified atom stereocenters. The fourth-order valence-electron chi connectivity index (χ4n) is 4.73. The maximum atomic E-state index is 13.7. The Balaban J connectivity index is 1.40. The molecule has 2 aliphatic heterocycles. The Labute approximate surface area is 188 Å². The average Bonchev–Trinajstić information content (AvgIpc) is 3.27. The van der Waals surface area contributed by atoms with E-state index in [0.717, 1.165) is 80.0 Å². The van der Waals surface area contributed by atoms with Crippen LogP contribution in [0.3, 0.4) is 0 Å². The highest BCUT2D eigenvalue weighted by molar-refractivity contribution is 6.02. The smallest absolute Gasteiger partial charge is 0.257 e. The van der Waals surface area contributed by atoms with E-state index in [1.54, 1.807) is 0 Å². The van der Waals surface area contributed by atoms with Crippen molar-refractivity contribution in [3.63, 3.8) is 0 Å². The number of aromatic nitrogens is 1. The minimum atomic E-state index is 0.0758. The van der Waals surface area contributed by atoms with E-state index in [0.29, 0.717) is 12.1 Å². The molecular weight excluding hydrogens is 398 g/mol. The number of fused-ring (bicyclic) bond motifs is 1. The van der Waals surface area contributed by atoms with Crippen molar-refractivity contribution in [1.82, 2.24) is 9.88 Å². The SMILES string of the molecule is N#Cc1ccc(N2CCCN(C(=O)c3cc4ccccc4nc3N3CCCC3)CC2)cc1. The summed E-state index contributed by atoms with van der Waals surface area (Å²) in [5.74, 6) is 0.909. The number of nitrogens with zero attached hydrogens (tertiary/aromatic N) is 5. The summed E-state index contributed by atoms with van der Waals surface area (Å²) in [7, 11) is 0. The number of benzene rings is 2. The third-order valence-corrected chi connectivity index (χ3v) is 6.48. The Morgan fingerprint density at radius 3 is 2.38 bits per heavy atom. The number of rotatable bonds is 3. The number of carbonyl (C=O) groups is 1. The van der Waals surface area contributed by atoms with Gasteiger partial charge in [-0.3, -0.25) is 4.79 Å². The molecule has 0 saturated carbocycles. The molecule has 1 amide bonds. The molecule has 0 spiro atoms. The molecule has 0 radical (unpaired) electrons. The second-order valence-corrected chi connectivity index (χ2v) is 8.54. The normalized spacial score (nSPS) is 16.8. The van der Waals surface area contributed by atoms with Crippen LogP contribution in [0.15, 0.2) is 54.6 Å². The molecule has 5 rings (SSSR count). The number of amides is 1. The zero-order chi connectivity index (χ0) is 21.9. The largest absolute Gasteiger partial charge is 0.370 e. The van der Waals surface area contributed by atoms with Gasteiger partial charge < -0.3 is 14.7 Å². The van der Waals surface area contributed by atoms with Crippen LogP contribution >= 0.6 is 0 Å². The van der Waals surface area contributed by atoms with Gasteiger partial charge in [-0.25, -0.2) is 4.98 Å². The quantitative estimate of drug-likeness (QED) is 0.633. The van der Waals surface area contributed by atoms with Crippen molar-refractivity contribution in [2.24, 2.45) is 0 Å². The van der Waals surface area contributed by atoms with E-state index in [4.69, 9.17) is 10.2 Å². The first-order valence-corrected chi connectivity index (χ1v) is 11.4. The van der Waals surface area contributed by atoms with E-state index < -0.39 is 0 Å². The van der Waals surface area contributed by atoms with Gasteiger partial charge in [0, 0.05) is 50.3 Å². The van der Waals surface area contributed by atoms with Crippen LogP contribution in [0.2, 0.25) is 0 Å². The summed E-state index contributed by atoms with van der Waals surface area (Å²) < 4.78 is 0. The van der Waals surface area contributed by atoms with Gasteiger partial charge in [0.25, 0.3) is 5.91 Å². The van der Waals surface area contributed by atoms with Gasteiger partial charge in [0.05, 0.1) is 22.7 Å². The lowest BCUT2D eigenvalue weighted by molar-refractivity contribution is 0.0767. The Bertz CT molecular complexity index is 1160. The Morgan fingerprint density at radius 2 is 1.59 bits per heavy atom. The molecule has 1 aromatic heterocycles. The highest BCUT2D eigenvalue weighted by Gasteiger charge is 2.27. The van der Waals surface area contributed by atoms with Crippen LogP contribution in [0.5, 0.6) is 0 Å². The van der Waals surface area contributed by atoms with Gasteiger partial charge in [-0.05, 0) is 55.7 Å². The van der Waals surface area contributed by atoms with Crippen LogP contribution in [-0.4, -0.2) is 55.1 Å². The molecule has 2 saturated heterocycles. The number of hydrogen-bond acceptors (Lipinski definition) is 5. The van der Waals surface area contributed by atoms with Crippen LogP contribution < -0.4 is 9.80 Å². The first-order chi connectivity index (χ1) is 15.7. The fourth-order valence-corrected chi connectivity index (χ4v) is 4.73. The fraction of sp³-hybridized carbons (Fsp3) is 0.346. The molecule has 3 aromatic rings. The second kappa shape index (κ2) is 8.88. The van der Waals surface area contributed by atoms with E-state index in [9.17, 15) is 4.79 Å². The number of pyridine rings is 1. The van der Waals surface area contributed by atoms with Crippen molar-refractivity contribution in [1.29, 1.82) is 5.26 Å². The summed E-state index contributed by atoms with van der Waals surface area (Å²) in [5, 5.41) is 10.0. The van der Waals surface area contributed by atoms with Crippen LogP contribution in [0.25, 0.3) is 10.9 Å². The van der Waals surface area contributed by atoms with Gasteiger partial charge in [-0.1, -0.05) is 18.2 Å². The number of carbonyl (C=O) groups excluding carboxylic acids is 1. The van der Waals surface area contributed by atoms with Crippen molar-refractivity contribution in [2.45, 2.75) is 19.3 Å². The Kier molecular flexibility index (Phi) is 5.64. The molecule has 0 atom stereocenters. The first kappa shape index (κ1) is 20.3. The molecule has 0 bridgehead atoms. The standard InChI is InChI=1S/C26H27N5O/c27-19-20-8-10-22(11-9-20)29-14-5-15-31(17-16-29)26(32)23-18-21-6-1-2-7-24(21)28-25(23)30-12-3-4-13-30/h1-2,6-11,18H,3-5,12-17H2. The number of nitriles is 1. The van der Waals surface area contributed by atoms with Crippen molar-refractivity contribution >= 4 is 28.3 Å². The Morgan fingerprint density at radius 1 is 0.844 bits per heavy atom. The lowest BCUT2D eigenvalue weighted by Gasteiger charge is -2.26. The van der Waals surface area contributed by atoms with Gasteiger partial charge >= 0.3 is 0 Å². The molecule has 2 aromatic carbocycles. The van der Waals surface area contributed by atoms with Gasteiger partial charge in [0.1, 0.15) is 5.82 Å². The van der Waals surface area contributed by atoms with E-state index in [-0.39, 0.29) is 5.91 Å². The summed E-state index contributed by atoms with van der Waals surface area (Å²) in [6.07, 6.45) is 3.20. The number of para-hydroxylation sites is 1. The van der Waals surface area contributed by atoms with E-state index in [2.05, 4.69) is 15.9 Å². The van der Waals surface area contributed by atoms with Crippen molar-refractivity contribution in [2.75, 3.05) is 49.1 Å². The molecule has 3 heterocycles. The summed E-state index contributed by atoms with van der Waals surface area (Å²) in [6, 6.07) is 19.9. The lowest BCUT2D eigenvalue weighted by atomic mass is 10.1. The molecular formula is C26H27N5O. The molecule has 6 nitrogen and oxygen atoms in total. The third kappa shape index (κ3) is 3.99. The van der Waals surface area contributed by atoms with Crippen molar-refractivity contribution < 1.29 is 4.79 Å². The zero-order valence-corrected chi connectivity index (χ0v) is 18.2. The summed E-state index contributed by atoms with van der Waals surface area (Å²) in [5.41, 5.74) is 3.42. The van der Waals surface area contributed by atoms with Crippen LogP contribution in [0.1, 0.15) is 35.2 Å². The highest BCUT2D eigenvalue weighted by Crippen LogP contribution is 2.28. The molecule has 2 aliphatic rings. The van der Waals surface area contributed by atoms with E-state index >= 15 is 0 Å². The minimum Gasteiger partial charge on any atom is -0.370 e. The van der Waals surface area contributed by atoms with E-state index in [1.165, 1.54) is 0 Å². The predicted molar refractivity (Wildman–Crippen MR) is 127 cm³/mol. The van der Waals surface area contributed by atoms with Crippen molar-refractivity contribution in [3.05, 3.63) is 65.7 Å². The minimum absolute atomic E-state index is 0.0758. The molecule has 0 aliphatic carbocycles. The van der Waals surface area contributed by atoms with Crippen molar-refractivity contribution in [3.8, 4) is 6.07 Å². The van der Waals surface area contributed by atoms with Gasteiger partial charge in [0.2, 0.25) is 0 Å². The number of hydrogen-bond donors (Lipinski definition) is 0. The second-order valence-electron chi connectivity index (χ2n) is 8.54. The van der Waals surface area contributed by atoms with Crippen LogP contribution in [-0.2, 0) is 0 Å². The molecule has 0 N–H and O–H groups in total. The summed E-state index contributed by atoms with van der Waals surface area (Å²) >= 11 is 0. The van der Waals surface area contributed by atoms with Gasteiger partial charge in [-0.2, -0.15) is 5.26 Å². The monoisotopic (exact) mass is 425 g/mol. The topological polar surface area (TPSA) is 63.5 Å². The lowest BCUT2D eigenvalue weighted by Crippen LogP contribution is -2.36. The van der Waals surface area contributed by atoms with E-state index in [1.807, 2.05) is 59.5 Å². The molecule has 6 heteroatoms. The first-order valence-electron chi connectivity index (χ1n) is 11.4. The third-order valence-electron chi connectivity index (χ3n) is 6.48.